The zero-order valence-corrected chi connectivity index (χ0v) is 10.8. The molecule has 1 aromatic rings. The molecule has 0 heterocycles. The normalized spacial score (nSPS) is 12.1. The number of hydrogen-bond acceptors (Lipinski definition) is 3. The van der Waals surface area contributed by atoms with Crippen LogP contribution in [0.2, 0.25) is 5.02 Å². The Labute approximate surface area is 110 Å². The first-order valence-corrected chi connectivity index (χ1v) is 5.56. The molecule has 0 aliphatic rings. The van der Waals surface area contributed by atoms with Gasteiger partial charge in [0.25, 0.3) is 0 Å². The molecule has 0 aliphatic carbocycles. The summed E-state index contributed by atoms with van der Waals surface area (Å²) < 4.78 is 0. The largest absolute Gasteiger partial charge is 0.409 e. The molecular formula is C11H15ClN4O2. The van der Waals surface area contributed by atoms with Crippen molar-refractivity contribution >= 4 is 29.2 Å². The molecule has 1 rings (SSSR count). The third-order valence-electron chi connectivity index (χ3n) is 2.30. The zero-order valence-electron chi connectivity index (χ0n) is 10.1. The number of carbonyl (C=O) groups is 1. The maximum atomic E-state index is 11.7. The van der Waals surface area contributed by atoms with Gasteiger partial charge in [-0.25, -0.2) is 4.79 Å². The van der Waals surface area contributed by atoms with Gasteiger partial charge in [0.05, 0.1) is 16.2 Å². The minimum absolute atomic E-state index is 0.100. The van der Waals surface area contributed by atoms with Crippen molar-refractivity contribution in [3.63, 3.8) is 0 Å². The highest BCUT2D eigenvalue weighted by atomic mass is 35.5. The van der Waals surface area contributed by atoms with Crippen LogP contribution in [0.15, 0.2) is 29.4 Å². The average molecular weight is 271 g/mol. The standard InChI is InChI=1S/C11H15ClN4O2/c1-11(2,9(13)16-18)15-10(17)14-8-6-4-3-5-7(8)12/h3-6,18H,1-2H3,(H2,13,16)(H2,14,15,17). The molecule has 0 bridgehead atoms. The van der Waals surface area contributed by atoms with Gasteiger partial charge in [-0.1, -0.05) is 28.9 Å². The van der Waals surface area contributed by atoms with Crippen molar-refractivity contribution in [3.8, 4) is 0 Å². The fourth-order valence-corrected chi connectivity index (χ4v) is 1.37. The van der Waals surface area contributed by atoms with Gasteiger partial charge in [0.1, 0.15) is 0 Å². The zero-order chi connectivity index (χ0) is 13.8. The summed E-state index contributed by atoms with van der Waals surface area (Å²) in [5, 5.41) is 17.0. The molecular weight excluding hydrogens is 256 g/mol. The van der Waals surface area contributed by atoms with Gasteiger partial charge in [0.2, 0.25) is 0 Å². The molecule has 98 valence electrons. The lowest BCUT2D eigenvalue weighted by Gasteiger charge is -2.24. The summed E-state index contributed by atoms with van der Waals surface area (Å²) in [5.41, 5.74) is 4.96. The molecule has 6 nitrogen and oxygen atoms in total. The molecule has 7 heteroatoms. The minimum Gasteiger partial charge on any atom is -0.409 e. The smallest absolute Gasteiger partial charge is 0.320 e. The molecule has 0 saturated carbocycles. The van der Waals surface area contributed by atoms with Crippen LogP contribution in [0.1, 0.15) is 13.8 Å². The third-order valence-corrected chi connectivity index (χ3v) is 2.63. The monoisotopic (exact) mass is 270 g/mol. The van der Waals surface area contributed by atoms with Crippen molar-refractivity contribution in [1.82, 2.24) is 5.32 Å². The number of carbonyl (C=O) groups excluding carboxylic acids is 1. The second-order valence-corrected chi connectivity index (χ2v) is 4.58. The molecule has 0 spiro atoms. The highest BCUT2D eigenvalue weighted by Gasteiger charge is 2.25. The van der Waals surface area contributed by atoms with Gasteiger partial charge >= 0.3 is 6.03 Å². The number of urea groups is 1. The van der Waals surface area contributed by atoms with Gasteiger partial charge in [-0.3, -0.25) is 0 Å². The second-order valence-electron chi connectivity index (χ2n) is 4.17. The van der Waals surface area contributed by atoms with Crippen molar-refractivity contribution in [1.29, 1.82) is 0 Å². The summed E-state index contributed by atoms with van der Waals surface area (Å²) in [4.78, 5) is 11.7. The van der Waals surface area contributed by atoms with Gasteiger partial charge in [0.15, 0.2) is 5.84 Å². The van der Waals surface area contributed by atoms with Crippen LogP contribution in [0.5, 0.6) is 0 Å². The summed E-state index contributed by atoms with van der Waals surface area (Å²) in [7, 11) is 0. The van der Waals surface area contributed by atoms with Crippen LogP contribution in [0.3, 0.4) is 0 Å². The molecule has 0 atom stereocenters. The predicted molar refractivity (Wildman–Crippen MR) is 71.1 cm³/mol. The van der Waals surface area contributed by atoms with Crippen LogP contribution >= 0.6 is 11.6 Å². The number of hydrogen-bond donors (Lipinski definition) is 4. The Kier molecular flexibility index (Phi) is 4.38. The van der Waals surface area contributed by atoms with Crippen LogP contribution in [0, 0.1) is 0 Å². The van der Waals surface area contributed by atoms with Crippen molar-refractivity contribution < 1.29 is 10.0 Å². The van der Waals surface area contributed by atoms with E-state index in [1.165, 1.54) is 0 Å². The second kappa shape index (κ2) is 5.59. The van der Waals surface area contributed by atoms with Crippen LogP contribution in [-0.4, -0.2) is 22.6 Å². The molecule has 2 amide bonds. The maximum absolute atomic E-state index is 11.7. The SMILES string of the molecule is CC(C)(NC(=O)Nc1ccccc1Cl)/C(N)=N/O. The van der Waals surface area contributed by atoms with E-state index in [-0.39, 0.29) is 5.84 Å². The fourth-order valence-electron chi connectivity index (χ4n) is 1.19. The molecule has 0 radical (unpaired) electrons. The quantitative estimate of drug-likeness (QED) is 0.292. The van der Waals surface area contributed by atoms with E-state index in [1.807, 2.05) is 0 Å². The highest BCUT2D eigenvalue weighted by Crippen LogP contribution is 2.20. The number of amidine groups is 1. The Morgan fingerprint density at radius 1 is 1.44 bits per heavy atom. The van der Waals surface area contributed by atoms with Crippen LogP contribution in [0.25, 0.3) is 0 Å². The van der Waals surface area contributed by atoms with Crippen LogP contribution in [-0.2, 0) is 0 Å². The summed E-state index contributed by atoms with van der Waals surface area (Å²) in [6, 6.07) is 6.33. The molecule has 0 aliphatic heterocycles. The Hall–Kier alpha value is -1.95. The Bertz CT molecular complexity index is 474. The number of oxime groups is 1. The molecule has 5 N–H and O–H groups in total. The Morgan fingerprint density at radius 3 is 2.61 bits per heavy atom. The van der Waals surface area contributed by atoms with Crippen molar-refractivity contribution in [3.05, 3.63) is 29.3 Å². The number of nitrogens with zero attached hydrogens (tertiary/aromatic N) is 1. The summed E-state index contributed by atoms with van der Waals surface area (Å²) >= 11 is 5.90. The average Bonchev–Trinajstić information content (AvgIpc) is 2.30. The summed E-state index contributed by atoms with van der Waals surface area (Å²) in [6.07, 6.45) is 0. The van der Waals surface area contributed by atoms with E-state index in [0.29, 0.717) is 10.7 Å². The molecule has 0 aromatic heterocycles. The lowest BCUT2D eigenvalue weighted by Crippen LogP contribution is -2.54. The molecule has 0 unspecified atom stereocenters. The molecule has 0 saturated heterocycles. The first-order valence-electron chi connectivity index (χ1n) is 5.18. The predicted octanol–water partition coefficient (Wildman–Crippen LogP) is 1.99. The number of nitrogens with two attached hydrogens (primary N) is 1. The van der Waals surface area contributed by atoms with Gasteiger partial charge in [-0.2, -0.15) is 0 Å². The van der Waals surface area contributed by atoms with E-state index in [1.54, 1.807) is 38.1 Å². The van der Waals surface area contributed by atoms with E-state index in [2.05, 4.69) is 15.8 Å². The number of nitrogens with one attached hydrogen (secondary N) is 2. The number of anilines is 1. The van der Waals surface area contributed by atoms with E-state index in [4.69, 9.17) is 22.5 Å². The lowest BCUT2D eigenvalue weighted by molar-refractivity contribution is 0.246. The Balaban J connectivity index is 2.71. The van der Waals surface area contributed by atoms with Crippen LogP contribution < -0.4 is 16.4 Å². The topological polar surface area (TPSA) is 99.7 Å². The van der Waals surface area contributed by atoms with Crippen LogP contribution in [0.4, 0.5) is 10.5 Å². The number of benzene rings is 1. The lowest BCUT2D eigenvalue weighted by atomic mass is 10.1. The summed E-state index contributed by atoms with van der Waals surface area (Å²) in [6.45, 7) is 3.21. The van der Waals surface area contributed by atoms with E-state index < -0.39 is 11.6 Å². The van der Waals surface area contributed by atoms with E-state index in [9.17, 15) is 4.79 Å². The van der Waals surface area contributed by atoms with Gasteiger partial charge < -0.3 is 21.6 Å². The van der Waals surface area contributed by atoms with E-state index in [0.717, 1.165) is 0 Å². The third kappa shape index (κ3) is 3.53. The molecule has 1 aromatic carbocycles. The Morgan fingerprint density at radius 2 is 2.06 bits per heavy atom. The van der Waals surface area contributed by atoms with Crippen molar-refractivity contribution in [2.75, 3.05) is 5.32 Å². The number of amides is 2. The minimum atomic E-state index is -0.972. The number of rotatable bonds is 3. The number of halogens is 1. The van der Waals surface area contributed by atoms with E-state index >= 15 is 0 Å². The number of para-hydroxylation sites is 1. The van der Waals surface area contributed by atoms with Gasteiger partial charge in [0, 0.05) is 0 Å². The first kappa shape index (κ1) is 14.1. The fraction of sp³-hybridized carbons (Fsp3) is 0.273. The highest BCUT2D eigenvalue weighted by molar-refractivity contribution is 6.33. The van der Waals surface area contributed by atoms with Crippen molar-refractivity contribution in [2.45, 2.75) is 19.4 Å². The maximum Gasteiger partial charge on any atom is 0.320 e. The first-order chi connectivity index (χ1) is 8.36. The molecule has 0 fully saturated rings. The molecule has 18 heavy (non-hydrogen) atoms. The van der Waals surface area contributed by atoms with Gasteiger partial charge in [-0.15, -0.1) is 0 Å². The van der Waals surface area contributed by atoms with Gasteiger partial charge in [-0.05, 0) is 26.0 Å². The van der Waals surface area contributed by atoms with Crippen molar-refractivity contribution in [2.24, 2.45) is 10.9 Å². The summed E-state index contributed by atoms with van der Waals surface area (Å²) in [5.74, 6) is -0.100.